The minimum atomic E-state index is -1.12. The van der Waals surface area contributed by atoms with Gasteiger partial charge in [-0.25, -0.2) is 0 Å². The third-order valence-corrected chi connectivity index (χ3v) is 5.54. The fourth-order valence-electron chi connectivity index (χ4n) is 3.72. The van der Waals surface area contributed by atoms with Crippen LogP contribution in [-0.2, 0) is 14.3 Å². The van der Waals surface area contributed by atoms with Gasteiger partial charge in [-0.3, -0.25) is 4.79 Å². The van der Waals surface area contributed by atoms with Crippen molar-refractivity contribution in [3.05, 3.63) is 0 Å². The van der Waals surface area contributed by atoms with E-state index in [1.165, 1.54) is 0 Å². The van der Waals surface area contributed by atoms with Crippen LogP contribution in [-0.4, -0.2) is 45.7 Å². The molecule has 2 saturated heterocycles. The third-order valence-electron chi connectivity index (χ3n) is 5.54. The van der Waals surface area contributed by atoms with Crippen LogP contribution in [0.1, 0.15) is 46.5 Å². The molecule has 7 atom stereocenters. The van der Waals surface area contributed by atoms with E-state index in [-0.39, 0.29) is 35.6 Å². The van der Waals surface area contributed by atoms with Gasteiger partial charge < -0.3 is 19.7 Å². The predicted octanol–water partition coefficient (Wildman–Crippen LogP) is 1.01. The summed E-state index contributed by atoms with van der Waals surface area (Å²) in [4.78, 5) is 11.8. The van der Waals surface area contributed by atoms with Gasteiger partial charge in [0.2, 0.25) is 0 Å². The Hall–Kier alpha value is -0.650. The molecule has 2 N–H and O–H groups in total. The van der Waals surface area contributed by atoms with Crippen LogP contribution in [0.15, 0.2) is 0 Å². The number of hydrogen-bond donors (Lipinski definition) is 2. The highest BCUT2D eigenvalue weighted by atomic mass is 16.6. The lowest BCUT2D eigenvalue weighted by atomic mass is 9.77. The van der Waals surface area contributed by atoms with Gasteiger partial charge in [-0.1, -0.05) is 6.92 Å². The van der Waals surface area contributed by atoms with Gasteiger partial charge in [0.1, 0.15) is 12.2 Å². The van der Waals surface area contributed by atoms with Crippen molar-refractivity contribution in [2.45, 2.75) is 76.0 Å². The van der Waals surface area contributed by atoms with Crippen molar-refractivity contribution >= 4 is 5.97 Å². The molecule has 0 amide bonds. The van der Waals surface area contributed by atoms with Gasteiger partial charge in [0.25, 0.3) is 0 Å². The van der Waals surface area contributed by atoms with E-state index in [4.69, 9.17) is 9.47 Å². The zero-order valence-corrected chi connectivity index (χ0v) is 12.3. The molecule has 2 aliphatic heterocycles. The molecule has 0 spiro atoms. The molecule has 0 aromatic rings. The maximum absolute atomic E-state index is 11.8. The summed E-state index contributed by atoms with van der Waals surface area (Å²) >= 11 is 0. The maximum Gasteiger partial charge on any atom is 0.309 e. The zero-order valence-electron chi connectivity index (χ0n) is 12.3. The average Bonchev–Trinajstić information content (AvgIpc) is 2.96. The number of rotatable bonds is 0. The molecule has 114 valence electrons. The van der Waals surface area contributed by atoms with Crippen LogP contribution in [0.2, 0.25) is 0 Å². The second-order valence-corrected chi connectivity index (χ2v) is 7.16. The van der Waals surface area contributed by atoms with Crippen LogP contribution in [0.3, 0.4) is 0 Å². The molecule has 3 aliphatic rings. The minimum absolute atomic E-state index is 0.0587. The lowest BCUT2D eigenvalue weighted by Crippen LogP contribution is -2.42. The molecule has 2 heterocycles. The van der Waals surface area contributed by atoms with Gasteiger partial charge in [-0.2, -0.15) is 0 Å². The van der Waals surface area contributed by atoms with Crippen LogP contribution >= 0.6 is 0 Å². The fraction of sp³-hybridized carbons (Fsp3) is 0.933. The van der Waals surface area contributed by atoms with Crippen LogP contribution in [0.25, 0.3) is 0 Å². The number of esters is 1. The molecule has 0 bridgehead atoms. The highest BCUT2D eigenvalue weighted by Gasteiger charge is 2.62. The molecule has 5 nitrogen and oxygen atoms in total. The van der Waals surface area contributed by atoms with E-state index in [1.54, 1.807) is 6.92 Å². The Balaban J connectivity index is 1.85. The molecule has 0 aromatic heterocycles. The van der Waals surface area contributed by atoms with E-state index < -0.39 is 11.7 Å². The highest BCUT2D eigenvalue weighted by molar-refractivity contribution is 5.75. The van der Waals surface area contributed by atoms with Gasteiger partial charge in [-0.05, 0) is 39.5 Å². The van der Waals surface area contributed by atoms with Gasteiger partial charge in [-0.15, -0.1) is 0 Å². The zero-order chi connectivity index (χ0) is 14.7. The number of carbonyl (C=O) groups excluding carboxylic acids is 1. The first kappa shape index (κ1) is 14.3. The molecule has 5 heteroatoms. The van der Waals surface area contributed by atoms with E-state index in [2.05, 4.69) is 0 Å². The average molecular weight is 284 g/mol. The number of carbonyl (C=O) groups is 1. The maximum atomic E-state index is 11.8. The quantitative estimate of drug-likeness (QED) is 0.512. The summed E-state index contributed by atoms with van der Waals surface area (Å²) in [6.07, 6.45) is 1.29. The van der Waals surface area contributed by atoms with Crippen LogP contribution in [0.4, 0.5) is 0 Å². The molecular weight excluding hydrogens is 260 g/mol. The number of epoxide rings is 1. The van der Waals surface area contributed by atoms with Gasteiger partial charge in [0, 0.05) is 5.92 Å². The molecule has 1 saturated carbocycles. The van der Waals surface area contributed by atoms with Crippen molar-refractivity contribution in [2.24, 2.45) is 11.8 Å². The number of hydrogen-bond acceptors (Lipinski definition) is 5. The van der Waals surface area contributed by atoms with Gasteiger partial charge in [0.05, 0.1) is 23.2 Å². The number of ether oxygens (including phenoxy) is 2. The monoisotopic (exact) mass is 284 g/mol. The van der Waals surface area contributed by atoms with Gasteiger partial charge in [0.15, 0.2) is 0 Å². The lowest BCUT2D eigenvalue weighted by Gasteiger charge is -2.32. The predicted molar refractivity (Wildman–Crippen MR) is 70.9 cm³/mol. The van der Waals surface area contributed by atoms with Crippen molar-refractivity contribution in [1.29, 1.82) is 0 Å². The number of aliphatic hydroxyl groups excluding tert-OH is 1. The molecule has 3 rings (SSSR count). The Labute approximate surface area is 119 Å². The van der Waals surface area contributed by atoms with Crippen molar-refractivity contribution in [1.82, 2.24) is 0 Å². The van der Waals surface area contributed by atoms with Crippen LogP contribution in [0.5, 0.6) is 0 Å². The Kier molecular flexibility index (Phi) is 3.16. The summed E-state index contributed by atoms with van der Waals surface area (Å²) in [5, 5.41) is 20.6. The van der Waals surface area contributed by atoms with E-state index in [1.807, 2.05) is 13.8 Å². The second kappa shape index (κ2) is 4.42. The standard InChI is InChI=1S/C15H24O5/c1-8-9-4-6-14(2,18)10(16)5-7-15(3)12(20-15)11(9)19-13(8)17/h8-12,16,18H,4-7H2,1-3H3/t8-,9-,10+,11-,12-,14-,15+/m0/s1. The first-order chi connectivity index (χ1) is 9.24. The topological polar surface area (TPSA) is 79.3 Å². The van der Waals surface area contributed by atoms with Crippen molar-refractivity contribution in [2.75, 3.05) is 0 Å². The number of aliphatic hydroxyl groups is 2. The molecule has 20 heavy (non-hydrogen) atoms. The van der Waals surface area contributed by atoms with E-state index in [0.29, 0.717) is 25.7 Å². The van der Waals surface area contributed by atoms with E-state index in [0.717, 1.165) is 0 Å². The molecule has 0 unspecified atom stereocenters. The van der Waals surface area contributed by atoms with E-state index >= 15 is 0 Å². The largest absolute Gasteiger partial charge is 0.459 e. The van der Waals surface area contributed by atoms with Crippen molar-refractivity contribution in [3.63, 3.8) is 0 Å². The first-order valence-electron chi connectivity index (χ1n) is 7.53. The normalized spacial score (nSPS) is 55.6. The third kappa shape index (κ3) is 2.16. The summed E-state index contributed by atoms with van der Waals surface area (Å²) in [6.45, 7) is 5.54. The Morgan fingerprint density at radius 1 is 1.25 bits per heavy atom. The summed E-state index contributed by atoms with van der Waals surface area (Å²) < 4.78 is 11.3. The summed E-state index contributed by atoms with van der Waals surface area (Å²) in [6, 6.07) is 0. The molecule has 0 radical (unpaired) electrons. The van der Waals surface area contributed by atoms with Crippen LogP contribution < -0.4 is 0 Å². The first-order valence-corrected chi connectivity index (χ1v) is 7.53. The Morgan fingerprint density at radius 3 is 2.65 bits per heavy atom. The SMILES string of the molecule is C[C@@H]1C(=O)O[C@H]2[C@H]1CC[C@](C)(O)[C@H](O)CC[C@@]1(C)O[C@@H]21. The summed E-state index contributed by atoms with van der Waals surface area (Å²) in [5.74, 6) is -0.274. The molecule has 0 aromatic carbocycles. The Morgan fingerprint density at radius 2 is 1.95 bits per heavy atom. The summed E-state index contributed by atoms with van der Waals surface area (Å²) in [5.41, 5.74) is -1.45. The van der Waals surface area contributed by atoms with Crippen molar-refractivity contribution < 1.29 is 24.5 Å². The van der Waals surface area contributed by atoms with Gasteiger partial charge >= 0.3 is 5.97 Å². The summed E-state index contributed by atoms with van der Waals surface area (Å²) in [7, 11) is 0. The highest BCUT2D eigenvalue weighted by Crippen LogP contribution is 2.50. The smallest absolute Gasteiger partial charge is 0.309 e. The molecule has 3 fully saturated rings. The Bertz CT molecular complexity index is 420. The lowest BCUT2D eigenvalue weighted by molar-refractivity contribution is -0.144. The van der Waals surface area contributed by atoms with E-state index in [9.17, 15) is 15.0 Å². The molecule has 1 aliphatic carbocycles. The minimum Gasteiger partial charge on any atom is -0.459 e. The van der Waals surface area contributed by atoms with Crippen LogP contribution in [0, 0.1) is 11.8 Å². The van der Waals surface area contributed by atoms with Crippen molar-refractivity contribution in [3.8, 4) is 0 Å². The fourth-order valence-corrected chi connectivity index (χ4v) is 3.72. The molecular formula is C15H24O5. The number of fused-ring (bicyclic) bond motifs is 3. The second-order valence-electron chi connectivity index (χ2n) is 7.16.